The summed E-state index contributed by atoms with van der Waals surface area (Å²) in [5.74, 6) is 0. The van der Waals surface area contributed by atoms with Gasteiger partial charge in [0.15, 0.2) is 9.84 Å². The molecule has 1 aromatic heterocycles. The summed E-state index contributed by atoms with van der Waals surface area (Å²) in [7, 11) is -7.82. The third-order valence-corrected chi connectivity index (χ3v) is 6.49. The molecule has 0 N–H and O–H groups in total. The predicted octanol–water partition coefficient (Wildman–Crippen LogP) is 2.19. The summed E-state index contributed by atoms with van der Waals surface area (Å²) in [6, 6.07) is 10.7. The zero-order valence-corrected chi connectivity index (χ0v) is 14.5. The summed E-state index contributed by atoms with van der Waals surface area (Å²) in [4.78, 5) is 10.4. The van der Waals surface area contributed by atoms with E-state index in [1.165, 1.54) is 30.3 Å². The smallest absolute Gasteiger partial charge is 0.258 e. The molecule has 0 amide bonds. The summed E-state index contributed by atoms with van der Waals surface area (Å²) in [5.41, 5.74) is -0.774. The Kier molecular flexibility index (Phi) is 3.88. The Morgan fingerprint density at radius 2 is 1.60 bits per heavy atom. The van der Waals surface area contributed by atoms with Gasteiger partial charge in [0.05, 0.1) is 14.7 Å². The lowest BCUT2D eigenvalue weighted by atomic mass is 10.2. The Hall–Kier alpha value is -2.72. The van der Waals surface area contributed by atoms with E-state index in [0.717, 1.165) is 28.6 Å². The number of nitro groups is 1. The second-order valence-corrected chi connectivity index (χ2v) is 9.10. The third kappa shape index (κ3) is 2.79. The van der Waals surface area contributed by atoms with Crippen molar-refractivity contribution in [3.63, 3.8) is 0 Å². The Morgan fingerprint density at radius 1 is 0.960 bits per heavy atom. The molecule has 2 aromatic carbocycles. The molecule has 1 heterocycles. The third-order valence-electron chi connectivity index (χ3n) is 3.65. The molecule has 0 saturated heterocycles. The first-order valence-corrected chi connectivity index (χ1v) is 10.3. The van der Waals surface area contributed by atoms with Crippen molar-refractivity contribution in [1.82, 2.24) is 3.97 Å². The van der Waals surface area contributed by atoms with Gasteiger partial charge in [-0.2, -0.15) is 0 Å². The lowest BCUT2D eigenvalue weighted by Gasteiger charge is -2.09. The Morgan fingerprint density at radius 3 is 2.16 bits per heavy atom. The molecule has 25 heavy (non-hydrogen) atoms. The SMILES string of the molecule is CS(=O)(=O)c1ccc([N+](=O)[O-])c2c1ccn2S(=O)(=O)c1ccccc1. The van der Waals surface area contributed by atoms with Crippen LogP contribution in [0.2, 0.25) is 0 Å². The topological polar surface area (TPSA) is 116 Å². The van der Waals surface area contributed by atoms with E-state index in [1.54, 1.807) is 6.07 Å². The van der Waals surface area contributed by atoms with Crippen LogP contribution >= 0.6 is 0 Å². The fourth-order valence-electron chi connectivity index (χ4n) is 2.56. The molecule has 8 nitrogen and oxygen atoms in total. The Labute approximate surface area is 143 Å². The van der Waals surface area contributed by atoms with Crippen molar-refractivity contribution in [3.05, 3.63) is 64.8 Å². The van der Waals surface area contributed by atoms with Crippen molar-refractivity contribution in [1.29, 1.82) is 0 Å². The summed E-state index contributed by atoms with van der Waals surface area (Å²) in [6.45, 7) is 0. The number of fused-ring (bicyclic) bond motifs is 1. The van der Waals surface area contributed by atoms with E-state index in [4.69, 9.17) is 0 Å². The van der Waals surface area contributed by atoms with Gasteiger partial charge in [0, 0.05) is 23.9 Å². The van der Waals surface area contributed by atoms with Gasteiger partial charge in [-0.3, -0.25) is 10.1 Å². The summed E-state index contributed by atoms with van der Waals surface area (Å²) >= 11 is 0. The molecule has 130 valence electrons. The molecule has 0 spiro atoms. The number of sulfone groups is 1. The molecule has 10 heteroatoms. The molecule has 0 radical (unpaired) electrons. The maximum Gasteiger partial charge on any atom is 0.294 e. The van der Waals surface area contributed by atoms with Crippen LogP contribution in [0, 0.1) is 10.1 Å². The predicted molar refractivity (Wildman–Crippen MR) is 90.7 cm³/mol. The van der Waals surface area contributed by atoms with Crippen LogP contribution in [-0.2, 0) is 19.9 Å². The first kappa shape index (κ1) is 17.1. The molecular formula is C15H12N2O6S2. The molecule has 0 atom stereocenters. The molecule has 0 aliphatic heterocycles. The molecular weight excluding hydrogens is 368 g/mol. The molecule has 0 aliphatic rings. The zero-order chi connectivity index (χ0) is 18.4. The number of aromatic nitrogens is 1. The first-order valence-electron chi connectivity index (χ1n) is 6.93. The molecule has 3 rings (SSSR count). The fourth-order valence-corrected chi connectivity index (χ4v) is 4.83. The van der Waals surface area contributed by atoms with Gasteiger partial charge in [0.2, 0.25) is 0 Å². The van der Waals surface area contributed by atoms with Crippen LogP contribution in [0.5, 0.6) is 0 Å². The van der Waals surface area contributed by atoms with Crippen LogP contribution in [0.4, 0.5) is 5.69 Å². The number of non-ortho nitro benzene ring substituents is 1. The maximum atomic E-state index is 12.8. The largest absolute Gasteiger partial charge is 0.294 e. The van der Waals surface area contributed by atoms with Gasteiger partial charge in [-0.15, -0.1) is 0 Å². The van der Waals surface area contributed by atoms with Gasteiger partial charge >= 0.3 is 0 Å². The second-order valence-electron chi connectivity index (χ2n) is 5.30. The van der Waals surface area contributed by atoms with E-state index in [1.807, 2.05) is 0 Å². The summed E-state index contributed by atoms with van der Waals surface area (Å²) < 4.78 is 50.3. The number of nitro benzene ring substituents is 1. The van der Waals surface area contributed by atoms with E-state index in [-0.39, 0.29) is 20.7 Å². The molecule has 0 unspecified atom stereocenters. The number of nitrogens with zero attached hydrogens (tertiary/aromatic N) is 2. The molecule has 0 fully saturated rings. The maximum absolute atomic E-state index is 12.8. The Bertz CT molecular complexity index is 1200. The minimum absolute atomic E-state index is 0.0174. The van der Waals surface area contributed by atoms with Gasteiger partial charge < -0.3 is 0 Å². The highest BCUT2D eigenvalue weighted by Crippen LogP contribution is 2.34. The van der Waals surface area contributed by atoms with Crippen molar-refractivity contribution in [2.75, 3.05) is 6.26 Å². The minimum Gasteiger partial charge on any atom is -0.258 e. The lowest BCUT2D eigenvalue weighted by Crippen LogP contribution is -2.12. The first-order chi connectivity index (χ1) is 11.6. The van der Waals surface area contributed by atoms with Crippen LogP contribution in [0.15, 0.2) is 64.5 Å². The lowest BCUT2D eigenvalue weighted by molar-refractivity contribution is -0.383. The van der Waals surface area contributed by atoms with E-state index in [9.17, 15) is 26.9 Å². The molecule has 0 saturated carbocycles. The number of hydrogen-bond acceptors (Lipinski definition) is 6. The summed E-state index contributed by atoms with van der Waals surface area (Å²) in [6.07, 6.45) is 2.07. The average Bonchev–Trinajstić information content (AvgIpc) is 2.99. The van der Waals surface area contributed by atoms with Crippen molar-refractivity contribution >= 4 is 36.5 Å². The van der Waals surface area contributed by atoms with Crippen LogP contribution in [0.1, 0.15) is 0 Å². The molecule has 3 aromatic rings. The molecule has 0 bridgehead atoms. The number of hydrogen-bond donors (Lipinski definition) is 0. The average molecular weight is 380 g/mol. The molecule has 0 aliphatic carbocycles. The fraction of sp³-hybridized carbons (Fsp3) is 0.0667. The number of benzene rings is 2. The highest BCUT2D eigenvalue weighted by Gasteiger charge is 2.27. The van der Waals surface area contributed by atoms with Crippen LogP contribution in [0.3, 0.4) is 0 Å². The second kappa shape index (κ2) is 5.67. The monoisotopic (exact) mass is 380 g/mol. The van der Waals surface area contributed by atoms with Gasteiger partial charge in [0.25, 0.3) is 15.7 Å². The van der Waals surface area contributed by atoms with Crippen LogP contribution in [0.25, 0.3) is 10.9 Å². The van der Waals surface area contributed by atoms with Gasteiger partial charge in [-0.1, -0.05) is 18.2 Å². The number of rotatable bonds is 4. The highest BCUT2D eigenvalue weighted by atomic mass is 32.2. The van der Waals surface area contributed by atoms with Gasteiger partial charge in [-0.25, -0.2) is 20.8 Å². The normalized spacial score (nSPS) is 12.4. The quantitative estimate of drug-likeness (QED) is 0.506. The summed E-state index contributed by atoms with van der Waals surface area (Å²) in [5, 5.41) is 11.3. The van der Waals surface area contributed by atoms with E-state index < -0.39 is 30.5 Å². The standard InChI is InChI=1S/C15H12N2O6S2/c1-24(20,21)14-8-7-13(17(18)19)15-12(14)9-10-16(15)25(22,23)11-5-3-2-4-6-11/h2-10H,1H3. The van der Waals surface area contributed by atoms with Crippen molar-refractivity contribution in [3.8, 4) is 0 Å². The van der Waals surface area contributed by atoms with Gasteiger partial charge in [-0.05, 0) is 24.3 Å². The van der Waals surface area contributed by atoms with E-state index in [0.29, 0.717) is 0 Å². The van der Waals surface area contributed by atoms with Crippen molar-refractivity contribution in [2.45, 2.75) is 9.79 Å². The van der Waals surface area contributed by atoms with Gasteiger partial charge in [0.1, 0.15) is 5.52 Å². The zero-order valence-electron chi connectivity index (χ0n) is 12.9. The van der Waals surface area contributed by atoms with E-state index in [2.05, 4.69) is 0 Å². The van der Waals surface area contributed by atoms with E-state index >= 15 is 0 Å². The van der Waals surface area contributed by atoms with Crippen molar-refractivity contribution in [2.24, 2.45) is 0 Å². The minimum atomic E-state index is -4.12. The Balaban J connectivity index is 2.44. The van der Waals surface area contributed by atoms with Crippen molar-refractivity contribution < 1.29 is 21.8 Å². The van der Waals surface area contributed by atoms with Crippen LogP contribution < -0.4 is 0 Å². The van der Waals surface area contributed by atoms with Crippen LogP contribution in [-0.4, -0.2) is 32.0 Å². The highest BCUT2D eigenvalue weighted by molar-refractivity contribution is 7.91.